The van der Waals surface area contributed by atoms with Crippen molar-refractivity contribution >= 4 is 37.4 Å². The van der Waals surface area contributed by atoms with Gasteiger partial charge < -0.3 is 56.1 Å². The average Bonchev–Trinajstić information content (AvgIpc) is 3.16. The fourth-order valence-corrected chi connectivity index (χ4v) is 5.18. The molecule has 0 radical (unpaired) electrons. The third kappa shape index (κ3) is 7.02. The summed E-state index contributed by atoms with van der Waals surface area (Å²) in [6.07, 6.45) is -15.6. The molecule has 0 saturated carbocycles. The zero-order valence-corrected chi connectivity index (χ0v) is 21.9. The van der Waals surface area contributed by atoms with Crippen LogP contribution in [0.1, 0.15) is 12.6 Å². The fraction of sp³-hybridized carbons (Fsp3) is 0.684. The third-order valence-corrected chi connectivity index (χ3v) is 7.23. The highest BCUT2D eigenvalue weighted by Gasteiger charge is 2.56. The van der Waals surface area contributed by atoms with E-state index in [-0.39, 0.29) is 12.1 Å². The van der Waals surface area contributed by atoms with E-state index < -0.39 is 99.3 Å². The highest BCUT2D eigenvalue weighted by molar-refractivity contribution is 7.47. The molecule has 226 valence electrons. The van der Waals surface area contributed by atoms with Gasteiger partial charge in [0.1, 0.15) is 42.2 Å². The summed E-state index contributed by atoms with van der Waals surface area (Å²) in [5, 5.41) is 62.9. The van der Waals surface area contributed by atoms with Gasteiger partial charge in [-0.2, -0.15) is 4.98 Å². The number of aromatic nitrogens is 2. The van der Waals surface area contributed by atoms with Crippen LogP contribution in [0.25, 0.3) is 0 Å². The molecule has 2 saturated heterocycles. The zero-order chi connectivity index (χ0) is 30.0. The van der Waals surface area contributed by atoms with E-state index in [1.165, 1.54) is 6.07 Å². The van der Waals surface area contributed by atoms with E-state index in [9.17, 15) is 54.5 Å². The van der Waals surface area contributed by atoms with E-state index in [1.807, 2.05) is 0 Å². The highest BCUT2D eigenvalue weighted by Crippen LogP contribution is 2.52. The van der Waals surface area contributed by atoms with Crippen LogP contribution in [0, 0.1) is 0 Å². The Morgan fingerprint density at radius 3 is 2.62 bits per heavy atom. The van der Waals surface area contributed by atoms with Gasteiger partial charge >= 0.3 is 13.5 Å². The first-order valence-corrected chi connectivity index (χ1v) is 13.4. The maximum Gasteiger partial charge on any atom is 0.477 e. The predicted molar refractivity (Wildman–Crippen MR) is 127 cm³/mol. The van der Waals surface area contributed by atoms with Crippen LogP contribution in [0.2, 0.25) is 0 Å². The van der Waals surface area contributed by atoms with Crippen LogP contribution in [0.5, 0.6) is 0 Å². The number of aliphatic hydroxyl groups is 6. The first-order valence-electron chi connectivity index (χ1n) is 11.4. The number of carbonyl (C=O) groups is 2. The summed E-state index contributed by atoms with van der Waals surface area (Å²) >= 11 is 5.44. The molecule has 10 N–H and O–H groups in total. The number of hydrogen-bond acceptors (Lipinski definition) is 16. The minimum Gasteiger partial charge on any atom is -0.394 e. The number of alkyl halides is 1. The minimum atomic E-state index is -5.55. The van der Waals surface area contributed by atoms with Crippen molar-refractivity contribution in [2.24, 2.45) is 0 Å². The van der Waals surface area contributed by atoms with E-state index in [0.717, 1.165) is 6.20 Å². The second-order valence-corrected chi connectivity index (χ2v) is 10.4. The van der Waals surface area contributed by atoms with Gasteiger partial charge in [0.15, 0.2) is 18.8 Å². The van der Waals surface area contributed by atoms with Crippen molar-refractivity contribution in [3.8, 4) is 0 Å². The lowest BCUT2D eigenvalue weighted by Gasteiger charge is -2.46. The Labute approximate surface area is 229 Å². The number of halogens is 1. The van der Waals surface area contributed by atoms with Crippen LogP contribution in [0.4, 0.5) is 5.82 Å². The largest absolute Gasteiger partial charge is 0.477 e. The number of nitrogens with zero attached hydrogens (tertiary/aromatic N) is 2. The van der Waals surface area contributed by atoms with Gasteiger partial charge in [-0.05, 0) is 6.07 Å². The molecule has 2 aliphatic heterocycles. The summed E-state index contributed by atoms with van der Waals surface area (Å²) in [5.74, 6) is -4.50. The second-order valence-electron chi connectivity index (χ2n) is 8.83. The zero-order valence-electron chi connectivity index (χ0n) is 20.2. The smallest absolute Gasteiger partial charge is 0.394 e. The van der Waals surface area contributed by atoms with Crippen molar-refractivity contribution in [3.05, 3.63) is 22.7 Å². The van der Waals surface area contributed by atoms with Crippen LogP contribution in [-0.4, -0.2) is 125 Å². The number of nitrogens with two attached hydrogens (primary N) is 1. The molecule has 19 nitrogen and oxygen atoms in total. The standard InChI is InChI=1S/C19H28ClN4O15P/c20-4-10(29)23-11-7(27)3-19(6-26,37-15(11)12(30)8(28)5-25)39-40(34,35)38-17-14(32)13(31)16(36-17)24-2-1-9(21)22-18(24)33/h1-2,6-8,11-17,25,27-28,30-32H,3-5H2,(H,23,29)(H,34,35)(H2,21,22,33)/t7-,8-,11-,12-,13-,14+,15?,16?,17?,19?/m1/s1. The molecule has 21 heteroatoms. The van der Waals surface area contributed by atoms with Crippen molar-refractivity contribution in [2.45, 2.75) is 67.4 Å². The molecule has 5 unspecified atom stereocenters. The number of nitrogen functional groups attached to an aromatic ring is 1. The summed E-state index contributed by atoms with van der Waals surface area (Å²) in [6.45, 7) is -1.03. The molecule has 0 aliphatic carbocycles. The van der Waals surface area contributed by atoms with Crippen LogP contribution in [0.3, 0.4) is 0 Å². The summed E-state index contributed by atoms with van der Waals surface area (Å²) in [4.78, 5) is 49.7. The molecule has 0 bridgehead atoms. The lowest BCUT2D eigenvalue weighted by molar-refractivity contribution is -0.276. The van der Waals surface area contributed by atoms with Gasteiger partial charge in [0, 0.05) is 12.6 Å². The molecule has 0 aromatic carbocycles. The first-order chi connectivity index (χ1) is 18.7. The number of hydrogen-bond donors (Lipinski definition) is 9. The predicted octanol–water partition coefficient (Wildman–Crippen LogP) is -4.98. The van der Waals surface area contributed by atoms with E-state index >= 15 is 0 Å². The third-order valence-electron chi connectivity index (χ3n) is 5.97. The molecule has 11 atom stereocenters. The van der Waals surface area contributed by atoms with Crippen LogP contribution < -0.4 is 16.7 Å². The molecule has 1 amide bonds. The molecule has 40 heavy (non-hydrogen) atoms. The molecule has 1 aromatic heterocycles. The number of ether oxygens (including phenoxy) is 2. The Bertz CT molecular complexity index is 1180. The first kappa shape index (κ1) is 32.4. The summed E-state index contributed by atoms with van der Waals surface area (Å²) < 4.78 is 33.7. The molecule has 2 aliphatic rings. The van der Waals surface area contributed by atoms with Gasteiger partial charge in [0.05, 0.1) is 18.8 Å². The molecule has 0 spiro atoms. The molecule has 3 rings (SSSR count). The number of phosphoric acid groups is 1. The number of phosphoric ester groups is 1. The van der Waals surface area contributed by atoms with Gasteiger partial charge in [-0.15, -0.1) is 11.6 Å². The Morgan fingerprint density at radius 1 is 1.38 bits per heavy atom. The average molecular weight is 619 g/mol. The van der Waals surface area contributed by atoms with E-state index in [1.54, 1.807) is 0 Å². The fourth-order valence-electron chi connectivity index (χ4n) is 4.07. The number of aliphatic hydroxyl groups excluding tert-OH is 6. The molecule has 3 heterocycles. The number of carbonyl (C=O) groups excluding carboxylic acids is 2. The van der Waals surface area contributed by atoms with Crippen molar-refractivity contribution in [1.82, 2.24) is 14.9 Å². The van der Waals surface area contributed by atoms with Gasteiger partial charge in [-0.3, -0.25) is 18.7 Å². The topological polar surface area (TPSA) is 303 Å². The quantitative estimate of drug-likeness (QED) is 0.0636. The summed E-state index contributed by atoms with van der Waals surface area (Å²) in [6, 6.07) is -0.389. The lowest BCUT2D eigenvalue weighted by atomic mass is 9.89. The minimum absolute atomic E-state index is 0.163. The summed E-state index contributed by atoms with van der Waals surface area (Å²) in [5.41, 5.74) is 4.40. The Balaban J connectivity index is 1.82. The highest BCUT2D eigenvalue weighted by atomic mass is 35.5. The van der Waals surface area contributed by atoms with Gasteiger partial charge in [0.25, 0.3) is 0 Å². The van der Waals surface area contributed by atoms with E-state index in [0.29, 0.717) is 4.57 Å². The van der Waals surface area contributed by atoms with Gasteiger partial charge in [-0.1, -0.05) is 0 Å². The SMILES string of the molecule is Nc1ccn(C2OC(OP(=O)(O)OC3(C=O)C[C@@H](O)[C@@H](NC(=O)CCl)C([C@H](O)[C@H](O)CO)O3)[C@@H](O)[C@H]2O)c(=O)n1. The molecular weight excluding hydrogens is 591 g/mol. The Kier molecular flexibility index (Phi) is 10.4. The van der Waals surface area contributed by atoms with Crippen LogP contribution in [0.15, 0.2) is 17.1 Å². The van der Waals surface area contributed by atoms with Crippen molar-refractivity contribution in [1.29, 1.82) is 0 Å². The molecule has 1 aromatic rings. The van der Waals surface area contributed by atoms with Crippen molar-refractivity contribution in [3.63, 3.8) is 0 Å². The number of rotatable bonds is 11. The van der Waals surface area contributed by atoms with Crippen LogP contribution >= 0.6 is 19.4 Å². The number of aldehydes is 1. The van der Waals surface area contributed by atoms with Gasteiger partial charge in [-0.25, -0.2) is 13.9 Å². The maximum atomic E-state index is 12.9. The van der Waals surface area contributed by atoms with E-state index in [4.69, 9.17) is 35.9 Å². The summed E-state index contributed by atoms with van der Waals surface area (Å²) in [7, 11) is -5.55. The lowest BCUT2D eigenvalue weighted by Crippen LogP contribution is -2.66. The van der Waals surface area contributed by atoms with Crippen molar-refractivity contribution < 1.29 is 68.2 Å². The Hall–Kier alpha value is -2.10. The van der Waals surface area contributed by atoms with Crippen molar-refractivity contribution in [2.75, 3.05) is 18.2 Å². The van der Waals surface area contributed by atoms with E-state index in [2.05, 4.69) is 10.3 Å². The molecular formula is C19H28ClN4O15P. The van der Waals surface area contributed by atoms with Crippen LogP contribution in [-0.2, 0) is 32.7 Å². The maximum absolute atomic E-state index is 12.9. The number of anilines is 1. The molecule has 2 fully saturated rings. The Morgan fingerprint density at radius 2 is 2.05 bits per heavy atom. The number of nitrogens with one attached hydrogen (secondary N) is 1. The second kappa shape index (κ2) is 12.8. The van der Waals surface area contributed by atoms with Gasteiger partial charge in [0.2, 0.25) is 11.7 Å². The monoisotopic (exact) mass is 618 g/mol. The number of amides is 1. The normalized spacial score (nSPS) is 35.5.